The Labute approximate surface area is 117 Å². The first-order valence-corrected chi connectivity index (χ1v) is 6.44. The van der Waals surface area contributed by atoms with Gasteiger partial charge in [0, 0.05) is 12.8 Å². The van der Waals surface area contributed by atoms with Gasteiger partial charge in [-0.1, -0.05) is 36.4 Å². The molecule has 0 saturated carbocycles. The van der Waals surface area contributed by atoms with E-state index in [1.807, 2.05) is 60.7 Å². The number of hydrogen-bond donors (Lipinski definition) is 0. The van der Waals surface area contributed by atoms with E-state index in [2.05, 4.69) is 0 Å². The van der Waals surface area contributed by atoms with Gasteiger partial charge >= 0.3 is 0 Å². The van der Waals surface area contributed by atoms with Crippen molar-refractivity contribution in [3.8, 4) is 5.75 Å². The number of para-hydroxylation sites is 2. The quantitative estimate of drug-likeness (QED) is 0.800. The molecule has 0 spiro atoms. The first-order chi connectivity index (χ1) is 9.81. The minimum absolute atomic E-state index is 0.0908. The fraction of sp³-hybridized carbons (Fsp3) is 0.188. The molecule has 2 aromatic carbocycles. The minimum atomic E-state index is -0.595. The normalized spacial score (nSPS) is 21.4. The zero-order chi connectivity index (χ0) is 13.9. The second kappa shape index (κ2) is 5.35. The van der Waals surface area contributed by atoms with Crippen molar-refractivity contribution in [1.29, 1.82) is 0 Å². The molecule has 0 unspecified atom stereocenters. The van der Waals surface area contributed by atoms with Crippen LogP contribution >= 0.6 is 0 Å². The zero-order valence-electron chi connectivity index (χ0n) is 11.1. The second-order valence-electron chi connectivity index (χ2n) is 4.52. The average molecular weight is 269 g/mol. The third-order valence-corrected chi connectivity index (χ3v) is 3.28. The predicted molar refractivity (Wildman–Crippen MR) is 75.6 cm³/mol. The van der Waals surface area contributed by atoms with Crippen molar-refractivity contribution in [2.75, 3.05) is 12.0 Å². The smallest absolute Gasteiger partial charge is 0.275 e. The van der Waals surface area contributed by atoms with Gasteiger partial charge in [0.05, 0.1) is 0 Å². The van der Waals surface area contributed by atoms with Crippen LogP contribution in [-0.2, 0) is 9.53 Å². The lowest BCUT2D eigenvalue weighted by atomic mass is 10.1. The summed E-state index contributed by atoms with van der Waals surface area (Å²) in [7, 11) is 1.58. The lowest BCUT2D eigenvalue weighted by molar-refractivity contribution is -0.148. The van der Waals surface area contributed by atoms with Gasteiger partial charge in [-0.15, -0.1) is 0 Å². The molecule has 2 aromatic rings. The summed E-state index contributed by atoms with van der Waals surface area (Å²) in [6.45, 7) is 0. The van der Waals surface area contributed by atoms with E-state index in [1.165, 1.54) is 0 Å². The predicted octanol–water partition coefficient (Wildman–Crippen LogP) is 2.45. The van der Waals surface area contributed by atoms with E-state index in [1.54, 1.807) is 12.0 Å². The van der Waals surface area contributed by atoms with Crippen LogP contribution in [0, 0.1) is 0 Å². The van der Waals surface area contributed by atoms with E-state index in [9.17, 15) is 4.79 Å². The summed E-state index contributed by atoms with van der Waals surface area (Å²) < 4.78 is 11.1. The van der Waals surface area contributed by atoms with Crippen molar-refractivity contribution in [3.63, 3.8) is 0 Å². The Morgan fingerprint density at radius 1 is 0.950 bits per heavy atom. The Morgan fingerprint density at radius 2 is 1.55 bits per heavy atom. The molecule has 1 aliphatic heterocycles. The number of carbonyl (C=O) groups excluding carboxylic acids is 1. The molecule has 1 aliphatic rings. The van der Waals surface area contributed by atoms with E-state index < -0.39 is 12.3 Å². The number of β-lactam (4-membered cyclic amide) rings is 1. The number of nitrogens with zero attached hydrogens (tertiary/aromatic N) is 1. The van der Waals surface area contributed by atoms with Gasteiger partial charge < -0.3 is 9.47 Å². The fourth-order valence-corrected chi connectivity index (χ4v) is 2.28. The van der Waals surface area contributed by atoms with Crippen molar-refractivity contribution >= 4 is 11.6 Å². The third-order valence-electron chi connectivity index (χ3n) is 3.28. The van der Waals surface area contributed by atoms with Crippen LogP contribution in [0.25, 0.3) is 0 Å². The molecule has 2 atom stereocenters. The van der Waals surface area contributed by atoms with Gasteiger partial charge in [-0.05, 0) is 24.3 Å². The van der Waals surface area contributed by atoms with Crippen molar-refractivity contribution in [3.05, 3.63) is 60.7 Å². The maximum atomic E-state index is 12.3. The highest BCUT2D eigenvalue weighted by atomic mass is 16.6. The number of amides is 1. The first kappa shape index (κ1) is 12.7. The van der Waals surface area contributed by atoms with Crippen molar-refractivity contribution in [1.82, 2.24) is 0 Å². The SMILES string of the molecule is CO[C@@H]1[C@H](Oc2ccccc2)C(=O)N1c1ccccc1. The van der Waals surface area contributed by atoms with Crippen LogP contribution in [0.3, 0.4) is 0 Å². The Hall–Kier alpha value is -2.33. The molecule has 0 radical (unpaired) electrons. The summed E-state index contributed by atoms with van der Waals surface area (Å²) in [6.07, 6.45) is -0.993. The molecule has 4 nitrogen and oxygen atoms in total. The number of anilines is 1. The highest BCUT2D eigenvalue weighted by molar-refractivity contribution is 6.04. The van der Waals surface area contributed by atoms with E-state index in [0.29, 0.717) is 5.75 Å². The van der Waals surface area contributed by atoms with E-state index in [-0.39, 0.29) is 5.91 Å². The number of rotatable bonds is 4. The monoisotopic (exact) mass is 269 g/mol. The third kappa shape index (κ3) is 2.14. The maximum absolute atomic E-state index is 12.3. The molecule has 4 heteroatoms. The molecule has 0 aliphatic carbocycles. The van der Waals surface area contributed by atoms with Crippen LogP contribution < -0.4 is 9.64 Å². The van der Waals surface area contributed by atoms with Gasteiger partial charge in [-0.2, -0.15) is 0 Å². The lowest BCUT2D eigenvalue weighted by Crippen LogP contribution is -2.68. The molecular weight excluding hydrogens is 254 g/mol. The van der Waals surface area contributed by atoms with E-state index >= 15 is 0 Å². The topological polar surface area (TPSA) is 38.8 Å². The Bertz CT molecular complexity index is 585. The van der Waals surface area contributed by atoms with Crippen molar-refractivity contribution in [2.24, 2.45) is 0 Å². The molecule has 0 aromatic heterocycles. The van der Waals surface area contributed by atoms with Crippen LogP contribution in [0.4, 0.5) is 5.69 Å². The van der Waals surface area contributed by atoms with Crippen molar-refractivity contribution in [2.45, 2.75) is 12.3 Å². The number of methoxy groups -OCH3 is 1. The second-order valence-corrected chi connectivity index (χ2v) is 4.52. The molecule has 3 rings (SSSR count). The Balaban J connectivity index is 1.77. The molecule has 1 heterocycles. The highest BCUT2D eigenvalue weighted by Crippen LogP contribution is 2.31. The molecule has 1 amide bonds. The van der Waals surface area contributed by atoms with Gasteiger partial charge in [0.25, 0.3) is 5.91 Å². The van der Waals surface area contributed by atoms with Crippen LogP contribution in [0.5, 0.6) is 5.75 Å². The van der Waals surface area contributed by atoms with E-state index in [0.717, 1.165) is 5.69 Å². The van der Waals surface area contributed by atoms with Gasteiger partial charge in [0.1, 0.15) is 5.75 Å². The number of carbonyl (C=O) groups is 1. The lowest BCUT2D eigenvalue weighted by Gasteiger charge is -2.45. The number of ether oxygens (including phenoxy) is 2. The summed E-state index contributed by atoms with van der Waals surface area (Å²) in [5, 5.41) is 0. The van der Waals surface area contributed by atoms with Crippen LogP contribution in [-0.4, -0.2) is 25.3 Å². The summed E-state index contributed by atoms with van der Waals surface area (Å²) in [4.78, 5) is 13.9. The minimum Gasteiger partial charge on any atom is -0.476 e. The van der Waals surface area contributed by atoms with Gasteiger partial charge in [-0.3, -0.25) is 9.69 Å². The van der Waals surface area contributed by atoms with Gasteiger partial charge in [0.2, 0.25) is 6.10 Å². The number of hydrogen-bond acceptors (Lipinski definition) is 3. The zero-order valence-corrected chi connectivity index (χ0v) is 11.1. The van der Waals surface area contributed by atoms with Crippen molar-refractivity contribution < 1.29 is 14.3 Å². The molecule has 20 heavy (non-hydrogen) atoms. The summed E-state index contributed by atoms with van der Waals surface area (Å²) in [5.41, 5.74) is 0.817. The Morgan fingerprint density at radius 3 is 2.15 bits per heavy atom. The largest absolute Gasteiger partial charge is 0.476 e. The number of benzene rings is 2. The summed E-state index contributed by atoms with van der Waals surface area (Å²) >= 11 is 0. The molecule has 0 bridgehead atoms. The average Bonchev–Trinajstić information content (AvgIpc) is 2.51. The highest BCUT2D eigenvalue weighted by Gasteiger charge is 2.50. The van der Waals surface area contributed by atoms with E-state index in [4.69, 9.17) is 9.47 Å². The molecule has 102 valence electrons. The summed E-state index contributed by atoms with van der Waals surface area (Å²) in [6, 6.07) is 18.7. The Kier molecular flexibility index (Phi) is 3.39. The standard InChI is InChI=1S/C16H15NO3/c1-19-16-14(20-13-10-6-3-7-11-13)15(18)17(16)12-8-4-2-5-9-12/h2-11,14,16H,1H3/t14-,16-/m1/s1. The first-order valence-electron chi connectivity index (χ1n) is 6.44. The maximum Gasteiger partial charge on any atom is 0.275 e. The molecule has 1 saturated heterocycles. The van der Waals surface area contributed by atoms with Gasteiger partial charge in [0.15, 0.2) is 6.23 Å². The molecule has 0 N–H and O–H groups in total. The van der Waals surface area contributed by atoms with Crippen LogP contribution in [0.15, 0.2) is 60.7 Å². The van der Waals surface area contributed by atoms with Gasteiger partial charge in [-0.25, -0.2) is 0 Å². The van der Waals surface area contributed by atoms with Crippen LogP contribution in [0.1, 0.15) is 0 Å². The fourth-order valence-electron chi connectivity index (χ4n) is 2.28. The molecular formula is C16H15NO3. The molecule has 1 fully saturated rings. The summed E-state index contributed by atoms with van der Waals surface area (Å²) in [5.74, 6) is 0.576. The van der Waals surface area contributed by atoms with Crippen LogP contribution in [0.2, 0.25) is 0 Å².